The predicted molar refractivity (Wildman–Crippen MR) is 64.9 cm³/mol. The molecule has 1 N–H and O–H groups in total. The Morgan fingerprint density at radius 1 is 1.35 bits per heavy atom. The summed E-state index contributed by atoms with van der Waals surface area (Å²) in [6, 6.07) is 1.40. The fourth-order valence-electron chi connectivity index (χ4n) is 1.65. The van der Waals surface area contributed by atoms with Gasteiger partial charge >= 0.3 is 5.97 Å². The molecule has 88 valence electrons. The number of aromatic nitrogens is 1. The van der Waals surface area contributed by atoms with E-state index in [1.165, 1.54) is 22.0 Å². The largest absolute Gasteiger partial charge is 0.477 e. The maximum Gasteiger partial charge on any atom is 0.352 e. The summed E-state index contributed by atoms with van der Waals surface area (Å²) in [6.45, 7) is 1.87. The van der Waals surface area contributed by atoms with Gasteiger partial charge in [-0.1, -0.05) is 0 Å². The van der Waals surface area contributed by atoms with Crippen molar-refractivity contribution in [2.45, 2.75) is 6.92 Å². The van der Waals surface area contributed by atoms with E-state index in [1.807, 2.05) is 12.3 Å². The number of hydrogen-bond donors (Lipinski definition) is 1. The lowest BCUT2D eigenvalue weighted by Gasteiger charge is -1.95. The molecule has 0 atom stereocenters. The summed E-state index contributed by atoms with van der Waals surface area (Å²) in [4.78, 5) is 23.0. The summed E-state index contributed by atoms with van der Waals surface area (Å²) < 4.78 is 1.44. The van der Waals surface area contributed by atoms with E-state index in [2.05, 4.69) is 0 Å². The van der Waals surface area contributed by atoms with Crippen molar-refractivity contribution in [3.63, 3.8) is 0 Å². The van der Waals surface area contributed by atoms with Gasteiger partial charge in [-0.15, -0.1) is 0 Å². The van der Waals surface area contributed by atoms with Gasteiger partial charge < -0.3 is 9.67 Å². The highest BCUT2D eigenvalue weighted by molar-refractivity contribution is 7.08. The second kappa shape index (κ2) is 4.18. The number of carbonyl (C=O) groups is 2. The van der Waals surface area contributed by atoms with Crippen molar-refractivity contribution in [3.05, 3.63) is 45.4 Å². The topological polar surface area (TPSA) is 59.3 Å². The van der Waals surface area contributed by atoms with Crippen LogP contribution in [0.15, 0.2) is 23.0 Å². The minimum atomic E-state index is -1.03. The third-order valence-corrected chi connectivity index (χ3v) is 3.45. The number of nitrogens with zero attached hydrogens (tertiary/aromatic N) is 1. The van der Waals surface area contributed by atoms with Crippen LogP contribution in [0.2, 0.25) is 0 Å². The zero-order chi connectivity index (χ0) is 12.6. The minimum Gasteiger partial charge on any atom is -0.477 e. The molecule has 0 fully saturated rings. The summed E-state index contributed by atoms with van der Waals surface area (Å²) in [5.41, 5.74) is 2.07. The van der Waals surface area contributed by atoms with Crippen molar-refractivity contribution in [2.24, 2.45) is 7.05 Å². The molecule has 0 bridgehead atoms. The van der Waals surface area contributed by atoms with Crippen molar-refractivity contribution in [1.82, 2.24) is 4.57 Å². The SMILES string of the molecule is Cc1cscc1C(=O)c1cc(C(=O)O)n(C)c1. The van der Waals surface area contributed by atoms with Gasteiger partial charge in [0.2, 0.25) is 0 Å². The first-order chi connectivity index (χ1) is 8.00. The normalized spacial score (nSPS) is 10.5. The molecule has 17 heavy (non-hydrogen) atoms. The molecule has 2 heterocycles. The first-order valence-corrected chi connectivity index (χ1v) is 5.92. The number of ketones is 1. The number of carbonyl (C=O) groups excluding carboxylic acids is 1. The first-order valence-electron chi connectivity index (χ1n) is 4.98. The smallest absolute Gasteiger partial charge is 0.352 e. The Hall–Kier alpha value is -1.88. The third-order valence-electron chi connectivity index (χ3n) is 2.59. The maximum atomic E-state index is 12.1. The molecule has 0 saturated heterocycles. The Kier molecular flexibility index (Phi) is 2.85. The molecule has 0 spiro atoms. The average molecular weight is 249 g/mol. The van der Waals surface area contributed by atoms with Gasteiger partial charge in [0.15, 0.2) is 5.78 Å². The zero-order valence-electron chi connectivity index (χ0n) is 9.43. The van der Waals surface area contributed by atoms with Gasteiger partial charge in [0.1, 0.15) is 5.69 Å². The molecule has 0 aliphatic heterocycles. The van der Waals surface area contributed by atoms with Crippen molar-refractivity contribution in [1.29, 1.82) is 0 Å². The zero-order valence-corrected chi connectivity index (χ0v) is 10.2. The maximum absolute atomic E-state index is 12.1. The standard InChI is InChI=1S/C12H11NO3S/c1-7-5-17-6-9(7)11(14)8-3-10(12(15)16)13(2)4-8/h3-6H,1-2H3,(H,15,16). The van der Waals surface area contributed by atoms with E-state index in [0.717, 1.165) is 5.56 Å². The Morgan fingerprint density at radius 2 is 2.06 bits per heavy atom. The summed E-state index contributed by atoms with van der Waals surface area (Å²) in [5.74, 6) is -1.17. The van der Waals surface area contributed by atoms with Crippen LogP contribution in [0.5, 0.6) is 0 Å². The van der Waals surface area contributed by atoms with Crippen LogP contribution in [0.4, 0.5) is 0 Å². The summed E-state index contributed by atoms with van der Waals surface area (Å²) in [7, 11) is 1.61. The van der Waals surface area contributed by atoms with Gasteiger partial charge in [0, 0.05) is 29.8 Å². The highest BCUT2D eigenvalue weighted by atomic mass is 32.1. The van der Waals surface area contributed by atoms with Crippen LogP contribution < -0.4 is 0 Å². The van der Waals surface area contributed by atoms with Crippen molar-refractivity contribution in [3.8, 4) is 0 Å². The lowest BCUT2D eigenvalue weighted by atomic mass is 10.1. The summed E-state index contributed by atoms with van der Waals surface area (Å²) >= 11 is 1.46. The summed E-state index contributed by atoms with van der Waals surface area (Å²) in [6.07, 6.45) is 1.54. The number of aryl methyl sites for hydroxylation is 2. The van der Waals surface area contributed by atoms with Gasteiger partial charge in [0.25, 0.3) is 0 Å². The fourth-order valence-corrected chi connectivity index (χ4v) is 2.48. The molecular weight excluding hydrogens is 238 g/mol. The molecule has 5 heteroatoms. The summed E-state index contributed by atoms with van der Waals surface area (Å²) in [5, 5.41) is 12.6. The lowest BCUT2D eigenvalue weighted by molar-refractivity contribution is 0.0686. The molecular formula is C12H11NO3S. The number of rotatable bonds is 3. The number of thiophene rings is 1. The van der Waals surface area contributed by atoms with Crippen LogP contribution in [0, 0.1) is 6.92 Å². The highest BCUT2D eigenvalue weighted by Gasteiger charge is 2.17. The minimum absolute atomic E-state index is 0.112. The second-order valence-electron chi connectivity index (χ2n) is 3.83. The van der Waals surface area contributed by atoms with E-state index >= 15 is 0 Å². The lowest BCUT2D eigenvalue weighted by Crippen LogP contribution is -2.02. The van der Waals surface area contributed by atoms with Gasteiger partial charge in [-0.3, -0.25) is 4.79 Å². The monoisotopic (exact) mass is 249 g/mol. The Balaban J connectivity index is 2.42. The number of aromatic carboxylic acids is 1. The Bertz CT molecular complexity index is 595. The molecule has 2 rings (SSSR count). The number of carboxylic acids is 1. The molecule has 0 aliphatic carbocycles. The molecule has 0 aromatic carbocycles. The van der Waals surface area contributed by atoms with Gasteiger partial charge in [-0.2, -0.15) is 11.3 Å². The molecule has 0 aliphatic rings. The molecule has 4 nitrogen and oxygen atoms in total. The van der Waals surface area contributed by atoms with Crippen molar-refractivity contribution >= 4 is 23.1 Å². The van der Waals surface area contributed by atoms with Gasteiger partial charge in [0.05, 0.1) is 0 Å². The Morgan fingerprint density at radius 3 is 2.53 bits per heavy atom. The average Bonchev–Trinajstić information content (AvgIpc) is 2.83. The third kappa shape index (κ3) is 2.01. The van der Waals surface area contributed by atoms with E-state index in [9.17, 15) is 9.59 Å². The second-order valence-corrected chi connectivity index (χ2v) is 4.57. The van der Waals surface area contributed by atoms with Crippen LogP contribution in [0.3, 0.4) is 0 Å². The molecule has 0 saturated carbocycles. The first kappa shape index (κ1) is 11.6. The van der Waals surface area contributed by atoms with Crippen molar-refractivity contribution in [2.75, 3.05) is 0 Å². The highest BCUT2D eigenvalue weighted by Crippen LogP contribution is 2.19. The number of hydrogen-bond acceptors (Lipinski definition) is 3. The molecule has 0 amide bonds. The van der Waals surface area contributed by atoms with Crippen LogP contribution in [-0.4, -0.2) is 21.4 Å². The van der Waals surface area contributed by atoms with Crippen molar-refractivity contribution < 1.29 is 14.7 Å². The van der Waals surface area contributed by atoms with E-state index in [1.54, 1.807) is 18.6 Å². The molecule has 0 radical (unpaired) electrons. The fraction of sp³-hybridized carbons (Fsp3) is 0.167. The molecule has 2 aromatic rings. The van der Waals surface area contributed by atoms with E-state index < -0.39 is 5.97 Å². The molecule has 2 aromatic heterocycles. The van der Waals surface area contributed by atoms with E-state index in [4.69, 9.17) is 5.11 Å². The van der Waals surface area contributed by atoms with Crippen LogP contribution in [0.25, 0.3) is 0 Å². The van der Waals surface area contributed by atoms with E-state index in [-0.39, 0.29) is 11.5 Å². The quantitative estimate of drug-likeness (QED) is 0.849. The predicted octanol–water partition coefficient (Wildman–Crippen LogP) is 2.32. The van der Waals surface area contributed by atoms with E-state index in [0.29, 0.717) is 11.1 Å². The van der Waals surface area contributed by atoms with Crippen LogP contribution in [-0.2, 0) is 7.05 Å². The Labute approximate surface area is 102 Å². The van der Waals surface area contributed by atoms with Crippen LogP contribution >= 0.6 is 11.3 Å². The molecule has 0 unspecified atom stereocenters. The van der Waals surface area contributed by atoms with Gasteiger partial charge in [-0.05, 0) is 23.9 Å². The van der Waals surface area contributed by atoms with Gasteiger partial charge in [-0.25, -0.2) is 4.79 Å². The van der Waals surface area contributed by atoms with Crippen LogP contribution in [0.1, 0.15) is 32.0 Å². The number of carboxylic acid groups (broad SMARTS) is 1.